The van der Waals surface area contributed by atoms with E-state index in [9.17, 15) is 0 Å². The first-order chi connectivity index (χ1) is 7.84. The van der Waals surface area contributed by atoms with Gasteiger partial charge in [0, 0.05) is 25.0 Å². The van der Waals surface area contributed by atoms with E-state index in [0.717, 1.165) is 24.6 Å². The highest BCUT2D eigenvalue weighted by Gasteiger charge is 2.21. The van der Waals surface area contributed by atoms with Gasteiger partial charge in [-0.15, -0.1) is 0 Å². The Balaban J connectivity index is 1.94. The molecule has 2 aromatic rings. The lowest BCUT2D eigenvalue weighted by Crippen LogP contribution is -2.15. The average Bonchev–Trinajstić information content (AvgIpc) is 2.76. The van der Waals surface area contributed by atoms with Gasteiger partial charge in [0.2, 0.25) is 0 Å². The van der Waals surface area contributed by atoms with Crippen LogP contribution in [0.15, 0.2) is 42.6 Å². The van der Waals surface area contributed by atoms with E-state index in [0.29, 0.717) is 0 Å². The third-order valence-electron chi connectivity index (χ3n) is 2.99. The maximum atomic E-state index is 5.97. The maximum Gasteiger partial charge on any atom is 0.129 e. The van der Waals surface area contributed by atoms with Crippen molar-refractivity contribution >= 4 is 11.5 Å². The van der Waals surface area contributed by atoms with E-state index in [1.165, 1.54) is 11.1 Å². The maximum absolute atomic E-state index is 5.97. The van der Waals surface area contributed by atoms with E-state index in [2.05, 4.69) is 16.0 Å². The van der Waals surface area contributed by atoms with Gasteiger partial charge in [-0.3, -0.25) is 0 Å². The molecule has 0 radical (unpaired) electrons. The van der Waals surface area contributed by atoms with Crippen LogP contribution in [0.1, 0.15) is 11.1 Å². The molecule has 3 rings (SSSR count). The summed E-state index contributed by atoms with van der Waals surface area (Å²) in [6, 6.07) is 12.1. The van der Waals surface area contributed by atoms with Gasteiger partial charge in [-0.25, -0.2) is 4.98 Å². The molecule has 2 heterocycles. The van der Waals surface area contributed by atoms with Gasteiger partial charge in [0.15, 0.2) is 0 Å². The van der Waals surface area contributed by atoms with Crippen LogP contribution in [0.2, 0.25) is 0 Å². The van der Waals surface area contributed by atoms with Crippen molar-refractivity contribution in [2.24, 2.45) is 0 Å². The van der Waals surface area contributed by atoms with E-state index >= 15 is 0 Å². The molecule has 3 heteroatoms. The minimum absolute atomic E-state index is 0.860. The number of fused-ring (bicyclic) bond motifs is 1. The van der Waals surface area contributed by atoms with Gasteiger partial charge in [0.25, 0.3) is 0 Å². The molecule has 1 aromatic carbocycles. The van der Waals surface area contributed by atoms with Crippen LogP contribution in [0, 0.1) is 0 Å². The van der Waals surface area contributed by atoms with Crippen molar-refractivity contribution in [3.05, 3.63) is 53.7 Å². The molecule has 80 valence electrons. The second kappa shape index (κ2) is 3.52. The number of nitrogen functional groups attached to an aromatic ring is 1. The lowest BCUT2D eigenvalue weighted by molar-refractivity contribution is 0.857. The Morgan fingerprint density at radius 3 is 2.75 bits per heavy atom. The zero-order valence-corrected chi connectivity index (χ0v) is 8.93. The minimum Gasteiger partial charge on any atom is -0.398 e. The van der Waals surface area contributed by atoms with Crippen molar-refractivity contribution in [2.75, 3.05) is 10.6 Å². The van der Waals surface area contributed by atoms with Crippen molar-refractivity contribution in [2.45, 2.75) is 13.1 Å². The van der Waals surface area contributed by atoms with Gasteiger partial charge in [0.05, 0.1) is 0 Å². The van der Waals surface area contributed by atoms with E-state index in [1.54, 1.807) is 0 Å². The number of benzene rings is 1. The van der Waals surface area contributed by atoms with Gasteiger partial charge in [-0.1, -0.05) is 18.2 Å². The largest absolute Gasteiger partial charge is 0.398 e. The topological polar surface area (TPSA) is 42.1 Å². The van der Waals surface area contributed by atoms with Gasteiger partial charge >= 0.3 is 0 Å². The molecule has 2 N–H and O–H groups in total. The Morgan fingerprint density at radius 2 is 2.00 bits per heavy atom. The number of pyridine rings is 1. The lowest BCUT2D eigenvalue weighted by Gasteiger charge is -2.15. The molecule has 0 unspecified atom stereocenters. The van der Waals surface area contributed by atoms with Crippen LogP contribution in [-0.2, 0) is 13.1 Å². The van der Waals surface area contributed by atoms with Crippen LogP contribution in [0.25, 0.3) is 0 Å². The molecule has 16 heavy (non-hydrogen) atoms. The predicted molar refractivity (Wildman–Crippen MR) is 65.0 cm³/mol. The molecule has 0 saturated carbocycles. The lowest BCUT2D eigenvalue weighted by atomic mass is 10.1. The monoisotopic (exact) mass is 211 g/mol. The van der Waals surface area contributed by atoms with Crippen LogP contribution in [0.3, 0.4) is 0 Å². The number of aromatic nitrogens is 1. The second-order valence-electron chi connectivity index (χ2n) is 4.03. The molecule has 0 bridgehead atoms. The van der Waals surface area contributed by atoms with Crippen LogP contribution < -0.4 is 10.6 Å². The smallest absolute Gasteiger partial charge is 0.129 e. The highest BCUT2D eigenvalue weighted by Crippen LogP contribution is 2.30. The third kappa shape index (κ3) is 1.41. The van der Waals surface area contributed by atoms with Crippen LogP contribution >= 0.6 is 0 Å². The summed E-state index contributed by atoms with van der Waals surface area (Å²) >= 11 is 0. The summed E-state index contributed by atoms with van der Waals surface area (Å²) in [5.74, 6) is 1.01. The molecule has 0 amide bonds. The van der Waals surface area contributed by atoms with E-state index in [-0.39, 0.29) is 0 Å². The summed E-state index contributed by atoms with van der Waals surface area (Å²) in [7, 11) is 0. The Labute approximate surface area is 94.5 Å². The number of nitrogens with zero attached hydrogens (tertiary/aromatic N) is 2. The van der Waals surface area contributed by atoms with Crippen molar-refractivity contribution in [3.8, 4) is 0 Å². The highest BCUT2D eigenvalue weighted by molar-refractivity contribution is 5.57. The Kier molecular flexibility index (Phi) is 2.03. The molecule has 0 aliphatic carbocycles. The van der Waals surface area contributed by atoms with Crippen LogP contribution in [0.5, 0.6) is 0 Å². The SMILES string of the molecule is Nc1cccc2c1CN(c1ccccn1)C2. The second-order valence-corrected chi connectivity index (χ2v) is 4.03. The van der Waals surface area contributed by atoms with E-state index in [4.69, 9.17) is 5.73 Å². The fraction of sp³-hybridized carbons (Fsp3) is 0.154. The van der Waals surface area contributed by atoms with Crippen molar-refractivity contribution < 1.29 is 0 Å². The molecule has 3 nitrogen and oxygen atoms in total. The van der Waals surface area contributed by atoms with Crippen LogP contribution in [0.4, 0.5) is 11.5 Å². The first kappa shape index (κ1) is 9.21. The molecule has 0 fully saturated rings. The molecule has 1 aromatic heterocycles. The van der Waals surface area contributed by atoms with Crippen molar-refractivity contribution in [3.63, 3.8) is 0 Å². The molecular formula is C13H13N3. The number of hydrogen-bond donors (Lipinski definition) is 1. The number of hydrogen-bond acceptors (Lipinski definition) is 3. The molecule has 0 spiro atoms. The Hall–Kier alpha value is -2.03. The van der Waals surface area contributed by atoms with E-state index < -0.39 is 0 Å². The first-order valence-corrected chi connectivity index (χ1v) is 5.37. The number of nitrogens with two attached hydrogens (primary N) is 1. The van der Waals surface area contributed by atoms with Gasteiger partial charge in [-0.05, 0) is 29.3 Å². The Bertz CT molecular complexity index is 508. The molecule has 0 saturated heterocycles. The average molecular weight is 211 g/mol. The Morgan fingerprint density at radius 1 is 1.06 bits per heavy atom. The first-order valence-electron chi connectivity index (χ1n) is 5.37. The van der Waals surface area contributed by atoms with E-state index in [1.807, 2.05) is 36.5 Å². The molecule has 0 atom stereocenters. The van der Waals surface area contributed by atoms with Crippen molar-refractivity contribution in [1.29, 1.82) is 0 Å². The zero-order chi connectivity index (χ0) is 11.0. The zero-order valence-electron chi connectivity index (χ0n) is 8.93. The third-order valence-corrected chi connectivity index (χ3v) is 2.99. The molecular weight excluding hydrogens is 198 g/mol. The fourth-order valence-corrected chi connectivity index (χ4v) is 2.15. The number of anilines is 2. The van der Waals surface area contributed by atoms with Crippen LogP contribution in [-0.4, -0.2) is 4.98 Å². The summed E-state index contributed by atoms with van der Waals surface area (Å²) in [5, 5.41) is 0. The summed E-state index contributed by atoms with van der Waals surface area (Å²) in [6.07, 6.45) is 1.82. The fourth-order valence-electron chi connectivity index (χ4n) is 2.15. The molecule has 1 aliphatic heterocycles. The molecule has 1 aliphatic rings. The highest BCUT2D eigenvalue weighted by atomic mass is 15.2. The number of rotatable bonds is 1. The van der Waals surface area contributed by atoms with Gasteiger partial charge in [0.1, 0.15) is 5.82 Å². The normalized spacial score (nSPS) is 13.9. The standard InChI is InChI=1S/C13H13N3/c14-12-5-3-4-10-8-16(9-11(10)12)13-6-1-2-7-15-13/h1-7H,8-9,14H2. The van der Waals surface area contributed by atoms with Gasteiger partial charge in [-0.2, -0.15) is 0 Å². The van der Waals surface area contributed by atoms with Gasteiger partial charge < -0.3 is 10.6 Å². The predicted octanol–water partition coefficient (Wildman–Crippen LogP) is 2.18. The summed E-state index contributed by atoms with van der Waals surface area (Å²) in [5.41, 5.74) is 9.40. The summed E-state index contributed by atoms with van der Waals surface area (Å²) < 4.78 is 0. The minimum atomic E-state index is 0.860. The summed E-state index contributed by atoms with van der Waals surface area (Å²) in [4.78, 5) is 6.60. The summed E-state index contributed by atoms with van der Waals surface area (Å²) in [6.45, 7) is 1.76. The quantitative estimate of drug-likeness (QED) is 0.735. The van der Waals surface area contributed by atoms with Crippen molar-refractivity contribution in [1.82, 2.24) is 4.98 Å².